The number of hydrogen-bond acceptors (Lipinski definition) is 4. The van der Waals surface area contributed by atoms with Crippen molar-refractivity contribution in [3.8, 4) is 11.5 Å². The molecule has 0 saturated heterocycles. The van der Waals surface area contributed by atoms with Gasteiger partial charge in [0.2, 0.25) is 0 Å². The SMILES string of the molecule is C/C(=N/O)c1cccc2c1OC(F)(F)O2. The monoisotopic (exact) mass is 215 g/mol. The molecule has 0 saturated carbocycles. The van der Waals surface area contributed by atoms with Crippen LogP contribution in [0.4, 0.5) is 8.78 Å². The van der Waals surface area contributed by atoms with Gasteiger partial charge in [-0.05, 0) is 19.1 Å². The number of rotatable bonds is 1. The van der Waals surface area contributed by atoms with E-state index in [-0.39, 0.29) is 22.8 Å². The Morgan fingerprint density at radius 1 is 1.40 bits per heavy atom. The molecule has 80 valence electrons. The summed E-state index contributed by atoms with van der Waals surface area (Å²) in [4.78, 5) is 0. The number of fused-ring (bicyclic) bond motifs is 1. The number of nitrogens with zero attached hydrogens (tertiary/aromatic N) is 1. The Hall–Kier alpha value is -1.85. The molecule has 0 spiro atoms. The average molecular weight is 215 g/mol. The summed E-state index contributed by atoms with van der Waals surface area (Å²) in [5.74, 6) is -0.182. The number of ether oxygens (including phenoxy) is 2. The average Bonchev–Trinajstić information content (AvgIpc) is 2.49. The van der Waals surface area contributed by atoms with Crippen LogP contribution in [-0.4, -0.2) is 17.2 Å². The minimum atomic E-state index is -3.66. The summed E-state index contributed by atoms with van der Waals surface area (Å²) in [6.45, 7) is 1.47. The predicted molar refractivity (Wildman–Crippen MR) is 46.6 cm³/mol. The number of oxime groups is 1. The van der Waals surface area contributed by atoms with Crippen molar-refractivity contribution in [1.29, 1.82) is 0 Å². The van der Waals surface area contributed by atoms with Crippen molar-refractivity contribution in [3.05, 3.63) is 23.8 Å². The van der Waals surface area contributed by atoms with Crippen molar-refractivity contribution < 1.29 is 23.5 Å². The molecule has 0 amide bonds. The Morgan fingerprint density at radius 3 is 2.80 bits per heavy atom. The lowest BCUT2D eigenvalue weighted by atomic mass is 10.1. The first-order valence-electron chi connectivity index (χ1n) is 4.11. The third kappa shape index (κ3) is 1.58. The molecule has 0 bridgehead atoms. The van der Waals surface area contributed by atoms with Crippen molar-refractivity contribution in [2.45, 2.75) is 13.2 Å². The predicted octanol–water partition coefficient (Wildman–Crippen LogP) is 2.21. The van der Waals surface area contributed by atoms with Crippen LogP contribution in [0.2, 0.25) is 0 Å². The molecular formula is C9H7F2NO3. The lowest BCUT2D eigenvalue weighted by Gasteiger charge is -2.05. The highest BCUT2D eigenvalue weighted by Gasteiger charge is 2.44. The maximum atomic E-state index is 12.7. The molecule has 1 N–H and O–H groups in total. The van der Waals surface area contributed by atoms with E-state index in [1.165, 1.54) is 25.1 Å². The molecule has 1 aliphatic heterocycles. The largest absolute Gasteiger partial charge is 0.586 e. The van der Waals surface area contributed by atoms with Gasteiger partial charge in [0.15, 0.2) is 11.5 Å². The first kappa shape index (κ1) is 9.70. The normalized spacial score (nSPS) is 17.9. The summed E-state index contributed by atoms with van der Waals surface area (Å²) in [5.41, 5.74) is 0.445. The van der Waals surface area contributed by atoms with Gasteiger partial charge in [-0.25, -0.2) is 0 Å². The summed E-state index contributed by atoms with van der Waals surface area (Å²) < 4.78 is 34.0. The number of para-hydroxylation sites is 1. The molecule has 4 nitrogen and oxygen atoms in total. The number of hydrogen-bond donors (Lipinski definition) is 1. The van der Waals surface area contributed by atoms with Crippen LogP contribution in [0.5, 0.6) is 11.5 Å². The highest BCUT2D eigenvalue weighted by Crippen LogP contribution is 2.43. The molecule has 1 aromatic rings. The van der Waals surface area contributed by atoms with Crippen LogP contribution in [0.3, 0.4) is 0 Å². The van der Waals surface area contributed by atoms with Crippen molar-refractivity contribution in [1.82, 2.24) is 0 Å². The van der Waals surface area contributed by atoms with Gasteiger partial charge >= 0.3 is 6.29 Å². The first-order chi connectivity index (χ1) is 7.03. The van der Waals surface area contributed by atoms with Gasteiger partial charge in [-0.1, -0.05) is 11.2 Å². The standard InChI is InChI=1S/C9H7F2NO3/c1-5(12-13)6-3-2-4-7-8(6)15-9(10,11)14-7/h2-4,13H,1H3/b12-5-. The third-order valence-corrected chi connectivity index (χ3v) is 1.97. The van der Waals surface area contributed by atoms with Gasteiger partial charge < -0.3 is 14.7 Å². The molecule has 6 heteroatoms. The van der Waals surface area contributed by atoms with E-state index in [0.717, 1.165) is 0 Å². The van der Waals surface area contributed by atoms with Gasteiger partial charge in [-0.2, -0.15) is 0 Å². The summed E-state index contributed by atoms with van der Waals surface area (Å²) in [6, 6.07) is 4.36. The molecule has 0 aliphatic carbocycles. The zero-order valence-electron chi connectivity index (χ0n) is 7.70. The topological polar surface area (TPSA) is 51.1 Å². The second-order valence-electron chi connectivity index (χ2n) is 2.99. The van der Waals surface area contributed by atoms with Gasteiger partial charge in [0, 0.05) is 5.56 Å². The second kappa shape index (κ2) is 3.08. The number of alkyl halides is 2. The summed E-state index contributed by atoms with van der Waals surface area (Å²) >= 11 is 0. The molecule has 1 heterocycles. The molecule has 15 heavy (non-hydrogen) atoms. The second-order valence-corrected chi connectivity index (χ2v) is 2.99. The summed E-state index contributed by atoms with van der Waals surface area (Å²) in [6.07, 6.45) is -3.66. The van der Waals surface area contributed by atoms with Crippen molar-refractivity contribution in [2.24, 2.45) is 5.16 Å². The zero-order valence-corrected chi connectivity index (χ0v) is 7.70. The van der Waals surface area contributed by atoms with Crippen LogP contribution in [0, 0.1) is 0 Å². The smallest absolute Gasteiger partial charge is 0.411 e. The number of halogens is 2. The van der Waals surface area contributed by atoms with Crippen molar-refractivity contribution >= 4 is 5.71 Å². The fraction of sp³-hybridized carbons (Fsp3) is 0.222. The number of benzene rings is 1. The minimum absolute atomic E-state index is 0.0690. The highest BCUT2D eigenvalue weighted by molar-refractivity contribution is 6.01. The van der Waals surface area contributed by atoms with Gasteiger partial charge in [0.25, 0.3) is 0 Å². The molecule has 0 unspecified atom stereocenters. The Bertz CT molecular complexity index is 431. The zero-order chi connectivity index (χ0) is 11.1. The quantitative estimate of drug-likeness (QED) is 0.444. The highest BCUT2D eigenvalue weighted by atomic mass is 19.3. The van der Waals surface area contributed by atoms with E-state index < -0.39 is 6.29 Å². The lowest BCUT2D eigenvalue weighted by molar-refractivity contribution is -0.286. The molecule has 0 radical (unpaired) electrons. The fourth-order valence-electron chi connectivity index (χ4n) is 1.31. The maximum absolute atomic E-state index is 12.7. The van der Waals surface area contributed by atoms with E-state index in [0.29, 0.717) is 0 Å². The Morgan fingerprint density at radius 2 is 2.13 bits per heavy atom. The Balaban J connectivity index is 2.51. The van der Waals surface area contributed by atoms with E-state index in [9.17, 15) is 8.78 Å². The molecule has 2 rings (SSSR count). The summed E-state index contributed by atoms with van der Waals surface area (Å²) in [7, 11) is 0. The molecule has 1 aliphatic rings. The lowest BCUT2D eigenvalue weighted by Crippen LogP contribution is -2.26. The van der Waals surface area contributed by atoms with Crippen LogP contribution in [0.15, 0.2) is 23.4 Å². The minimum Gasteiger partial charge on any atom is -0.411 e. The van der Waals surface area contributed by atoms with E-state index >= 15 is 0 Å². The van der Waals surface area contributed by atoms with Gasteiger partial charge in [0.1, 0.15) is 0 Å². The summed E-state index contributed by atoms with van der Waals surface area (Å²) in [5, 5.41) is 11.5. The van der Waals surface area contributed by atoms with Crippen molar-refractivity contribution in [2.75, 3.05) is 0 Å². The molecule has 1 aromatic carbocycles. The Kier molecular flexibility index (Phi) is 1.99. The van der Waals surface area contributed by atoms with E-state index in [4.69, 9.17) is 5.21 Å². The molecule has 0 fully saturated rings. The van der Waals surface area contributed by atoms with Crippen LogP contribution in [0.1, 0.15) is 12.5 Å². The van der Waals surface area contributed by atoms with Gasteiger partial charge in [-0.3, -0.25) is 0 Å². The fourth-order valence-corrected chi connectivity index (χ4v) is 1.31. The molecule has 0 atom stereocenters. The van der Waals surface area contributed by atoms with E-state index in [1.807, 2.05) is 0 Å². The first-order valence-corrected chi connectivity index (χ1v) is 4.11. The Labute approximate surface area is 83.7 Å². The van der Waals surface area contributed by atoms with E-state index in [2.05, 4.69) is 14.6 Å². The van der Waals surface area contributed by atoms with Gasteiger partial charge in [0.05, 0.1) is 5.71 Å². The van der Waals surface area contributed by atoms with Crippen LogP contribution < -0.4 is 9.47 Å². The van der Waals surface area contributed by atoms with E-state index in [1.54, 1.807) is 0 Å². The van der Waals surface area contributed by atoms with Crippen molar-refractivity contribution in [3.63, 3.8) is 0 Å². The molecular weight excluding hydrogens is 208 g/mol. The third-order valence-electron chi connectivity index (χ3n) is 1.97. The molecule has 0 aromatic heterocycles. The van der Waals surface area contributed by atoms with Crippen LogP contribution in [0.25, 0.3) is 0 Å². The maximum Gasteiger partial charge on any atom is 0.586 e. The van der Waals surface area contributed by atoms with Gasteiger partial charge in [-0.15, -0.1) is 8.78 Å². The van der Waals surface area contributed by atoms with Crippen LogP contribution >= 0.6 is 0 Å². The van der Waals surface area contributed by atoms with Crippen LogP contribution in [-0.2, 0) is 0 Å².